The first-order chi connectivity index (χ1) is 18.5. The highest BCUT2D eigenvalue weighted by Gasteiger charge is 2.40. The number of benzene rings is 2. The van der Waals surface area contributed by atoms with Gasteiger partial charge in [0.1, 0.15) is 17.3 Å². The molecule has 1 aliphatic heterocycles. The fraction of sp³-hybridized carbons (Fsp3) is 0.214. The van der Waals surface area contributed by atoms with E-state index in [4.69, 9.17) is 26.1 Å². The molecule has 0 aliphatic carbocycles. The van der Waals surface area contributed by atoms with Gasteiger partial charge in [0.25, 0.3) is 0 Å². The maximum atomic E-state index is 13.4. The Morgan fingerprint density at radius 3 is 2.53 bits per heavy atom. The van der Waals surface area contributed by atoms with E-state index >= 15 is 0 Å². The predicted molar refractivity (Wildman–Crippen MR) is 142 cm³/mol. The van der Waals surface area contributed by atoms with Gasteiger partial charge in [0.05, 0.1) is 23.4 Å². The number of para-hydroxylation sites is 1. The Bertz CT molecular complexity index is 1630. The molecule has 1 N–H and O–H groups in total. The number of nitrogens with one attached hydrogen (secondary N) is 1. The highest BCUT2D eigenvalue weighted by molar-refractivity contribution is 6.61. The van der Waals surface area contributed by atoms with Crippen LogP contribution in [0.15, 0.2) is 79.3 Å². The van der Waals surface area contributed by atoms with E-state index in [1.807, 2.05) is 42.6 Å². The number of hydrogen-bond donors (Lipinski definition) is 1. The predicted octanol–water partition coefficient (Wildman–Crippen LogP) is 5.97. The van der Waals surface area contributed by atoms with Gasteiger partial charge in [-0.3, -0.25) is 4.40 Å². The minimum atomic E-state index is -0.905. The molecule has 10 heteroatoms. The third-order valence-corrected chi connectivity index (χ3v) is 7.29. The van der Waals surface area contributed by atoms with Crippen LogP contribution in [-0.2, 0) is 0 Å². The van der Waals surface area contributed by atoms with Crippen molar-refractivity contribution >= 4 is 39.8 Å². The first-order valence-electron chi connectivity index (χ1n) is 12.3. The summed E-state index contributed by atoms with van der Waals surface area (Å²) in [5.74, 6) is 1.52. The summed E-state index contributed by atoms with van der Waals surface area (Å²) in [7, 11) is 0. The first kappa shape index (κ1) is 24.0. The number of nitrogens with zero attached hydrogens (tertiary/aromatic N) is 4. The van der Waals surface area contributed by atoms with E-state index in [1.54, 1.807) is 41.6 Å². The Morgan fingerprint density at radius 2 is 1.71 bits per heavy atom. The van der Waals surface area contributed by atoms with Gasteiger partial charge in [0.2, 0.25) is 0 Å². The standard InChI is InChI=1S/C28H24ClN5O4/c1-17-22(18-6-5-9-21(12-18)37-27(29)35)15-33(28(36)38-20-7-3-2-4-8-20)16-23(17)26-32-14-19-13-31-25-24(34(19)26)10-11-30-25/h2-14,17,22-23,30H,15-16H2,1H3/t17-,22?,23+/m1/s1. The molecule has 0 bridgehead atoms. The van der Waals surface area contributed by atoms with Crippen molar-refractivity contribution in [3.8, 4) is 11.5 Å². The van der Waals surface area contributed by atoms with Crippen LogP contribution in [0.4, 0.5) is 9.59 Å². The zero-order valence-electron chi connectivity index (χ0n) is 20.5. The summed E-state index contributed by atoms with van der Waals surface area (Å²) in [6.07, 6.45) is 5.00. The molecule has 1 fully saturated rings. The second kappa shape index (κ2) is 9.83. The highest BCUT2D eigenvalue weighted by atomic mass is 35.5. The smallest absolute Gasteiger partial charge is 0.414 e. The average molecular weight is 530 g/mol. The summed E-state index contributed by atoms with van der Waals surface area (Å²) in [5, 5.41) is 0. The summed E-state index contributed by atoms with van der Waals surface area (Å²) in [6.45, 7) is 3.01. The molecule has 0 saturated carbocycles. The minimum absolute atomic E-state index is 0.0745. The van der Waals surface area contributed by atoms with Gasteiger partial charge in [0.15, 0.2) is 5.65 Å². The number of fused-ring (bicyclic) bond motifs is 3. The number of aromatic nitrogens is 4. The van der Waals surface area contributed by atoms with Crippen LogP contribution in [0.25, 0.3) is 16.7 Å². The van der Waals surface area contributed by atoms with Crippen molar-refractivity contribution in [2.75, 3.05) is 13.1 Å². The molecule has 1 aliphatic rings. The molecule has 9 nitrogen and oxygen atoms in total. The highest BCUT2D eigenvalue weighted by Crippen LogP contribution is 2.42. The zero-order chi connectivity index (χ0) is 26.2. The lowest BCUT2D eigenvalue weighted by molar-refractivity contribution is 0.112. The Hall–Kier alpha value is -4.37. The summed E-state index contributed by atoms with van der Waals surface area (Å²) in [6, 6.07) is 18.2. The number of imidazole rings is 1. The molecule has 192 valence electrons. The number of likely N-dealkylation sites (tertiary alicyclic amines) is 1. The lowest BCUT2D eigenvalue weighted by Gasteiger charge is -2.41. The van der Waals surface area contributed by atoms with Crippen molar-refractivity contribution in [1.29, 1.82) is 0 Å². The number of hydrogen-bond acceptors (Lipinski definition) is 6. The van der Waals surface area contributed by atoms with Gasteiger partial charge in [-0.15, -0.1) is 0 Å². The zero-order valence-corrected chi connectivity index (χ0v) is 21.2. The van der Waals surface area contributed by atoms with Crippen LogP contribution in [0.3, 0.4) is 0 Å². The van der Waals surface area contributed by atoms with E-state index in [0.717, 1.165) is 28.1 Å². The Labute approximate surface area is 223 Å². The lowest BCUT2D eigenvalue weighted by atomic mass is 9.75. The number of carbonyl (C=O) groups is 2. The van der Waals surface area contributed by atoms with Crippen LogP contribution < -0.4 is 9.47 Å². The van der Waals surface area contributed by atoms with Crippen LogP contribution in [0.5, 0.6) is 11.5 Å². The van der Waals surface area contributed by atoms with Crippen molar-refractivity contribution in [3.63, 3.8) is 0 Å². The number of H-pyrrole nitrogens is 1. The lowest BCUT2D eigenvalue weighted by Crippen LogP contribution is -2.47. The molecular weight excluding hydrogens is 506 g/mol. The number of rotatable bonds is 4. The van der Waals surface area contributed by atoms with Gasteiger partial charge >= 0.3 is 11.5 Å². The normalized spacial score (nSPS) is 19.5. The third-order valence-electron chi connectivity index (χ3n) is 7.21. The van der Waals surface area contributed by atoms with Gasteiger partial charge in [-0.25, -0.2) is 19.6 Å². The fourth-order valence-electron chi connectivity index (χ4n) is 5.35. The van der Waals surface area contributed by atoms with E-state index in [9.17, 15) is 9.59 Å². The Balaban J connectivity index is 1.41. The summed E-state index contributed by atoms with van der Waals surface area (Å²) >= 11 is 5.46. The van der Waals surface area contributed by atoms with Crippen LogP contribution >= 0.6 is 11.6 Å². The van der Waals surface area contributed by atoms with Gasteiger partial charge in [0, 0.05) is 42.7 Å². The van der Waals surface area contributed by atoms with Crippen molar-refractivity contribution < 1.29 is 19.1 Å². The van der Waals surface area contributed by atoms with E-state index in [-0.39, 0.29) is 17.8 Å². The van der Waals surface area contributed by atoms with Gasteiger partial charge in [-0.05, 0) is 41.8 Å². The van der Waals surface area contributed by atoms with Crippen molar-refractivity contribution in [2.24, 2.45) is 5.92 Å². The van der Waals surface area contributed by atoms with E-state index < -0.39 is 11.5 Å². The quantitative estimate of drug-likeness (QED) is 0.288. The summed E-state index contributed by atoms with van der Waals surface area (Å²) in [5.41, 5.74) is 2.56. The molecule has 0 radical (unpaired) electrons. The summed E-state index contributed by atoms with van der Waals surface area (Å²) < 4.78 is 12.9. The first-order valence-corrected chi connectivity index (χ1v) is 12.6. The number of ether oxygens (including phenoxy) is 2. The van der Waals surface area contributed by atoms with E-state index in [0.29, 0.717) is 24.6 Å². The fourth-order valence-corrected chi connectivity index (χ4v) is 5.44. The number of halogens is 1. The SMILES string of the molecule is C[C@@H]1C(c2cccc(OC(=O)Cl)c2)CN(C(=O)Oc2ccccc2)C[C@@H]1c1ncc2cnc3[nH]ccc3n12. The Morgan fingerprint density at radius 1 is 0.947 bits per heavy atom. The molecule has 0 spiro atoms. The van der Waals surface area contributed by atoms with Crippen molar-refractivity contribution in [1.82, 2.24) is 24.3 Å². The molecule has 3 aromatic heterocycles. The number of piperidine rings is 1. The topological polar surface area (TPSA) is 102 Å². The Kier molecular flexibility index (Phi) is 6.21. The van der Waals surface area contributed by atoms with Crippen LogP contribution in [0, 0.1) is 5.92 Å². The van der Waals surface area contributed by atoms with E-state index in [1.165, 1.54) is 0 Å². The third kappa shape index (κ3) is 4.45. The molecule has 3 atom stereocenters. The molecule has 1 saturated heterocycles. The van der Waals surface area contributed by atoms with Crippen LogP contribution in [0.2, 0.25) is 0 Å². The number of aromatic amines is 1. The average Bonchev–Trinajstić information content (AvgIpc) is 3.56. The maximum Gasteiger partial charge on any atom is 0.415 e. The second-order valence-electron chi connectivity index (χ2n) is 9.42. The molecule has 5 aromatic rings. The minimum Gasteiger partial charge on any atom is -0.414 e. The summed E-state index contributed by atoms with van der Waals surface area (Å²) in [4.78, 5) is 38.9. The van der Waals surface area contributed by atoms with Crippen LogP contribution in [0.1, 0.15) is 30.1 Å². The molecule has 2 aromatic carbocycles. The van der Waals surface area contributed by atoms with Gasteiger partial charge < -0.3 is 19.4 Å². The van der Waals surface area contributed by atoms with Crippen molar-refractivity contribution in [3.05, 3.63) is 90.6 Å². The van der Waals surface area contributed by atoms with Crippen LogP contribution in [-0.4, -0.2) is 48.9 Å². The van der Waals surface area contributed by atoms with E-state index in [2.05, 4.69) is 21.3 Å². The molecule has 1 unspecified atom stereocenters. The van der Waals surface area contributed by atoms with Gasteiger partial charge in [-0.1, -0.05) is 37.3 Å². The van der Waals surface area contributed by atoms with Gasteiger partial charge in [-0.2, -0.15) is 0 Å². The second-order valence-corrected chi connectivity index (χ2v) is 9.73. The largest absolute Gasteiger partial charge is 0.415 e. The molecule has 4 heterocycles. The number of carbonyl (C=O) groups excluding carboxylic acids is 2. The molecule has 6 rings (SSSR count). The van der Waals surface area contributed by atoms with Crippen molar-refractivity contribution in [2.45, 2.75) is 18.8 Å². The molecule has 38 heavy (non-hydrogen) atoms. The molecule has 1 amide bonds. The molecular formula is C28H24ClN5O4. The monoisotopic (exact) mass is 529 g/mol. The number of amides is 1. The maximum absolute atomic E-state index is 13.4.